The van der Waals surface area contributed by atoms with Crippen LogP contribution in [0.1, 0.15) is 34.9 Å². The van der Waals surface area contributed by atoms with Crippen LogP contribution in [0.4, 0.5) is 0 Å². The maximum absolute atomic E-state index is 11.1. The number of hydrogen-bond donors (Lipinski definition) is 1. The minimum Gasteiger partial charge on any atom is -0.492 e. The fourth-order valence-corrected chi connectivity index (χ4v) is 2.17. The van der Waals surface area contributed by atoms with Gasteiger partial charge in [-0.1, -0.05) is 23.4 Å². The highest BCUT2D eigenvalue weighted by Crippen LogP contribution is 2.41. The number of carboxylic acid groups (broad SMARTS) is 1. The van der Waals surface area contributed by atoms with Crippen molar-refractivity contribution < 1.29 is 14.6 Å². The first-order valence-corrected chi connectivity index (χ1v) is 6.60. The summed E-state index contributed by atoms with van der Waals surface area (Å²) in [5.74, 6) is 0.0639. The topological polar surface area (TPSA) is 77.2 Å². The Bertz CT molecular complexity index is 605. The van der Waals surface area contributed by atoms with Gasteiger partial charge in [-0.3, -0.25) is 0 Å². The van der Waals surface area contributed by atoms with Gasteiger partial charge < -0.3 is 9.84 Å². The highest BCUT2D eigenvalue weighted by molar-refractivity contribution is 5.86. The monoisotopic (exact) mass is 273 g/mol. The summed E-state index contributed by atoms with van der Waals surface area (Å²) in [6.07, 6.45) is 2.01. The van der Waals surface area contributed by atoms with Gasteiger partial charge in [0.05, 0.1) is 12.2 Å². The van der Waals surface area contributed by atoms with Crippen molar-refractivity contribution in [3.05, 3.63) is 41.7 Å². The number of para-hydroxylation sites is 1. The third kappa shape index (κ3) is 2.64. The van der Waals surface area contributed by atoms with E-state index in [2.05, 4.69) is 10.3 Å². The third-order valence-corrected chi connectivity index (χ3v) is 3.26. The van der Waals surface area contributed by atoms with Crippen LogP contribution in [0.3, 0.4) is 0 Å². The average Bonchev–Trinajstić information content (AvgIpc) is 3.20. The lowest BCUT2D eigenvalue weighted by atomic mass is 10.2. The second-order valence-electron chi connectivity index (χ2n) is 4.79. The van der Waals surface area contributed by atoms with E-state index in [9.17, 15) is 4.79 Å². The van der Waals surface area contributed by atoms with Gasteiger partial charge in [0.15, 0.2) is 5.69 Å². The van der Waals surface area contributed by atoms with Crippen molar-refractivity contribution in [2.75, 3.05) is 6.61 Å². The van der Waals surface area contributed by atoms with E-state index in [1.165, 1.54) is 0 Å². The Morgan fingerprint density at radius 3 is 2.75 bits per heavy atom. The van der Waals surface area contributed by atoms with Crippen LogP contribution in [0.5, 0.6) is 5.75 Å². The maximum Gasteiger partial charge on any atom is 0.358 e. The number of aromatic nitrogens is 3. The van der Waals surface area contributed by atoms with Gasteiger partial charge in [-0.15, -0.1) is 5.10 Å². The van der Waals surface area contributed by atoms with E-state index in [4.69, 9.17) is 9.84 Å². The predicted octanol–water partition coefficient (Wildman–Crippen LogP) is 1.93. The molecule has 0 atom stereocenters. The first-order chi connectivity index (χ1) is 9.75. The van der Waals surface area contributed by atoms with Crippen molar-refractivity contribution in [2.45, 2.75) is 25.3 Å². The molecule has 6 heteroatoms. The quantitative estimate of drug-likeness (QED) is 0.870. The molecule has 1 aromatic carbocycles. The van der Waals surface area contributed by atoms with E-state index in [1.807, 2.05) is 30.3 Å². The van der Waals surface area contributed by atoms with Crippen LogP contribution in [-0.2, 0) is 6.54 Å². The van der Waals surface area contributed by atoms with Gasteiger partial charge in [0.1, 0.15) is 12.4 Å². The number of carbonyl (C=O) groups is 1. The molecular formula is C14H15N3O3. The Morgan fingerprint density at radius 1 is 1.35 bits per heavy atom. The number of rotatable bonds is 6. The first-order valence-electron chi connectivity index (χ1n) is 6.60. The van der Waals surface area contributed by atoms with E-state index in [1.54, 1.807) is 4.68 Å². The highest BCUT2D eigenvalue weighted by Gasteiger charge is 2.33. The smallest absolute Gasteiger partial charge is 0.358 e. The highest BCUT2D eigenvalue weighted by atomic mass is 16.5. The molecule has 1 aliphatic carbocycles. The van der Waals surface area contributed by atoms with Crippen molar-refractivity contribution >= 4 is 5.97 Å². The zero-order chi connectivity index (χ0) is 13.9. The van der Waals surface area contributed by atoms with Crippen molar-refractivity contribution in [3.63, 3.8) is 0 Å². The van der Waals surface area contributed by atoms with Gasteiger partial charge in [0, 0.05) is 5.92 Å². The lowest BCUT2D eigenvalue weighted by Crippen LogP contribution is -2.13. The van der Waals surface area contributed by atoms with Gasteiger partial charge in [-0.2, -0.15) is 0 Å². The molecule has 104 valence electrons. The van der Waals surface area contributed by atoms with Crippen molar-refractivity contribution in [2.24, 2.45) is 0 Å². The fraction of sp³-hybridized carbons (Fsp3) is 0.357. The van der Waals surface area contributed by atoms with Crippen LogP contribution in [-0.4, -0.2) is 32.7 Å². The molecule has 0 radical (unpaired) electrons. The summed E-state index contributed by atoms with van der Waals surface area (Å²) < 4.78 is 7.26. The molecule has 2 aromatic rings. The summed E-state index contributed by atoms with van der Waals surface area (Å²) >= 11 is 0. The number of benzene rings is 1. The Morgan fingerprint density at radius 2 is 2.10 bits per heavy atom. The van der Waals surface area contributed by atoms with Crippen LogP contribution in [0.15, 0.2) is 30.3 Å². The molecule has 1 fully saturated rings. The normalized spacial score (nSPS) is 14.2. The van der Waals surface area contributed by atoms with Gasteiger partial charge in [0.25, 0.3) is 0 Å². The summed E-state index contributed by atoms with van der Waals surface area (Å²) in [6, 6.07) is 9.50. The molecule has 0 aliphatic heterocycles. The van der Waals surface area contributed by atoms with Gasteiger partial charge >= 0.3 is 5.97 Å². The summed E-state index contributed by atoms with van der Waals surface area (Å²) in [6.45, 7) is 0.938. The van der Waals surface area contributed by atoms with Crippen LogP contribution in [0, 0.1) is 0 Å². The molecule has 0 bridgehead atoms. The summed E-state index contributed by atoms with van der Waals surface area (Å²) in [4.78, 5) is 11.1. The molecule has 1 saturated carbocycles. The van der Waals surface area contributed by atoms with E-state index in [0.29, 0.717) is 13.2 Å². The Balaban J connectivity index is 1.67. The number of ether oxygens (including phenoxy) is 1. The molecular weight excluding hydrogens is 258 g/mol. The standard InChI is InChI=1S/C14H15N3O3/c18-14(19)12-13(10-6-7-10)17(16-15-12)8-9-20-11-4-2-1-3-5-11/h1-5,10H,6-9H2,(H,18,19). The largest absolute Gasteiger partial charge is 0.492 e. The molecule has 1 N–H and O–H groups in total. The molecule has 0 saturated heterocycles. The van der Waals surface area contributed by atoms with Gasteiger partial charge in [0.2, 0.25) is 0 Å². The minimum atomic E-state index is -1.01. The molecule has 0 spiro atoms. The van der Waals surface area contributed by atoms with E-state index in [-0.39, 0.29) is 11.6 Å². The fourth-order valence-electron chi connectivity index (χ4n) is 2.17. The molecule has 1 heterocycles. The molecule has 1 aliphatic rings. The molecule has 0 amide bonds. The van der Waals surface area contributed by atoms with E-state index in [0.717, 1.165) is 24.3 Å². The number of hydrogen-bond acceptors (Lipinski definition) is 4. The second-order valence-corrected chi connectivity index (χ2v) is 4.79. The van der Waals surface area contributed by atoms with Gasteiger partial charge in [-0.05, 0) is 25.0 Å². The van der Waals surface area contributed by atoms with Crippen molar-refractivity contribution in [1.29, 1.82) is 0 Å². The first kappa shape index (κ1) is 12.7. The van der Waals surface area contributed by atoms with Crippen molar-refractivity contribution in [3.8, 4) is 5.75 Å². The summed E-state index contributed by atoms with van der Waals surface area (Å²) in [5, 5.41) is 16.8. The van der Waals surface area contributed by atoms with E-state index < -0.39 is 5.97 Å². The van der Waals surface area contributed by atoms with Crippen LogP contribution in [0.2, 0.25) is 0 Å². The molecule has 20 heavy (non-hydrogen) atoms. The third-order valence-electron chi connectivity index (χ3n) is 3.26. The number of carboxylic acids is 1. The Labute approximate surface area is 116 Å². The summed E-state index contributed by atoms with van der Waals surface area (Å²) in [7, 11) is 0. The van der Waals surface area contributed by atoms with Crippen LogP contribution >= 0.6 is 0 Å². The van der Waals surface area contributed by atoms with Crippen molar-refractivity contribution in [1.82, 2.24) is 15.0 Å². The molecule has 6 nitrogen and oxygen atoms in total. The lowest BCUT2D eigenvalue weighted by molar-refractivity contribution is 0.0689. The summed E-state index contributed by atoms with van der Waals surface area (Å²) in [5.41, 5.74) is 0.807. The van der Waals surface area contributed by atoms with Crippen LogP contribution < -0.4 is 4.74 Å². The number of nitrogens with zero attached hydrogens (tertiary/aromatic N) is 3. The maximum atomic E-state index is 11.1. The average molecular weight is 273 g/mol. The molecule has 3 rings (SSSR count). The van der Waals surface area contributed by atoms with Crippen LogP contribution in [0.25, 0.3) is 0 Å². The van der Waals surface area contributed by atoms with Gasteiger partial charge in [-0.25, -0.2) is 9.48 Å². The minimum absolute atomic E-state index is 0.0761. The Kier molecular flexibility index (Phi) is 3.37. The van der Waals surface area contributed by atoms with E-state index >= 15 is 0 Å². The second kappa shape index (κ2) is 5.32. The Hall–Kier alpha value is -2.37. The zero-order valence-electron chi connectivity index (χ0n) is 10.9. The predicted molar refractivity (Wildman–Crippen MR) is 70.9 cm³/mol. The molecule has 0 unspecified atom stereocenters. The molecule has 1 aromatic heterocycles. The lowest BCUT2D eigenvalue weighted by Gasteiger charge is -2.08. The number of aromatic carboxylic acids is 1. The zero-order valence-corrected chi connectivity index (χ0v) is 10.9. The SMILES string of the molecule is O=C(O)c1nnn(CCOc2ccccc2)c1C1CC1.